The van der Waals surface area contributed by atoms with Gasteiger partial charge in [-0.2, -0.15) is 0 Å². The maximum Gasteiger partial charge on any atom is 0.272 e. The average molecular weight is 311 g/mol. The zero-order valence-corrected chi connectivity index (χ0v) is 13.8. The number of rotatable bonds is 3. The van der Waals surface area contributed by atoms with Crippen LogP contribution >= 0.6 is 0 Å². The molecule has 0 unspecified atom stereocenters. The smallest absolute Gasteiger partial charge is 0.272 e. The highest BCUT2D eigenvalue weighted by Crippen LogP contribution is 2.22. The largest absolute Gasteiger partial charge is 0.337 e. The van der Waals surface area contributed by atoms with E-state index in [1.54, 1.807) is 6.20 Å². The minimum absolute atomic E-state index is 0.0320. The van der Waals surface area contributed by atoms with Crippen LogP contribution < -0.4 is 0 Å². The van der Waals surface area contributed by atoms with Crippen LogP contribution in [-0.4, -0.2) is 33.4 Å². The van der Waals surface area contributed by atoms with E-state index < -0.39 is 0 Å². The molecule has 4 nitrogen and oxygen atoms in total. The van der Waals surface area contributed by atoms with E-state index in [-0.39, 0.29) is 5.91 Å². The molecule has 0 aromatic carbocycles. The van der Waals surface area contributed by atoms with Gasteiger partial charge in [0.15, 0.2) is 0 Å². The summed E-state index contributed by atoms with van der Waals surface area (Å²) >= 11 is 0. The van der Waals surface area contributed by atoms with Crippen LogP contribution in [0.15, 0.2) is 42.9 Å². The summed E-state index contributed by atoms with van der Waals surface area (Å²) in [5.74, 6) is 0.0320. The Labute approximate surface area is 138 Å². The summed E-state index contributed by atoms with van der Waals surface area (Å²) < 4.78 is 1.99. The minimum atomic E-state index is 0.0320. The molecule has 1 aliphatic carbocycles. The number of carbonyl (C=O) groups is 1. The molecule has 0 aliphatic heterocycles. The van der Waals surface area contributed by atoms with Crippen LogP contribution in [0.2, 0.25) is 0 Å². The molecule has 1 aliphatic rings. The van der Waals surface area contributed by atoms with Gasteiger partial charge >= 0.3 is 0 Å². The second kappa shape index (κ2) is 7.44. The van der Waals surface area contributed by atoms with Gasteiger partial charge in [0.2, 0.25) is 0 Å². The molecule has 0 saturated heterocycles. The molecule has 122 valence electrons. The van der Waals surface area contributed by atoms with Gasteiger partial charge in [-0.1, -0.05) is 32.1 Å². The highest BCUT2D eigenvalue weighted by molar-refractivity contribution is 5.92. The monoisotopic (exact) mass is 311 g/mol. The predicted molar refractivity (Wildman–Crippen MR) is 91.8 cm³/mol. The van der Waals surface area contributed by atoms with E-state index in [0.29, 0.717) is 11.7 Å². The van der Waals surface area contributed by atoms with E-state index in [4.69, 9.17) is 0 Å². The van der Waals surface area contributed by atoms with Gasteiger partial charge in [0.1, 0.15) is 5.69 Å². The quantitative estimate of drug-likeness (QED) is 0.857. The summed E-state index contributed by atoms with van der Waals surface area (Å²) in [6.07, 6.45) is 14.3. The predicted octanol–water partition coefficient (Wildman–Crippen LogP) is 4.06. The Morgan fingerprint density at radius 2 is 1.78 bits per heavy atom. The van der Waals surface area contributed by atoms with Crippen molar-refractivity contribution in [2.24, 2.45) is 0 Å². The molecule has 0 bridgehead atoms. The number of hydrogen-bond acceptors (Lipinski definition) is 2. The SMILES string of the molecule is CN(C(=O)c1cc(-n2cccc2)ccn1)C1CCCCCCC1. The Kier molecular flexibility index (Phi) is 5.11. The number of aromatic nitrogens is 2. The molecule has 3 rings (SSSR count). The fourth-order valence-corrected chi connectivity index (χ4v) is 3.37. The standard InChI is InChI=1S/C19H25N3O/c1-21(16-9-5-3-2-4-6-10-16)19(23)18-15-17(11-12-20-18)22-13-7-8-14-22/h7-8,11-16H,2-6,9-10H2,1H3. The number of amides is 1. The first-order valence-corrected chi connectivity index (χ1v) is 8.62. The van der Waals surface area contributed by atoms with Crippen LogP contribution in [0.5, 0.6) is 0 Å². The van der Waals surface area contributed by atoms with E-state index in [1.165, 1.54) is 32.1 Å². The van der Waals surface area contributed by atoms with E-state index in [2.05, 4.69) is 4.98 Å². The summed E-state index contributed by atoms with van der Waals surface area (Å²) in [6.45, 7) is 0. The molecule has 4 heteroatoms. The molecule has 1 fully saturated rings. The van der Waals surface area contributed by atoms with Crippen LogP contribution in [0.25, 0.3) is 5.69 Å². The van der Waals surface area contributed by atoms with E-state index in [1.807, 2.05) is 53.2 Å². The summed E-state index contributed by atoms with van der Waals surface area (Å²) in [4.78, 5) is 19.0. The number of pyridine rings is 1. The first kappa shape index (κ1) is 15.8. The van der Waals surface area contributed by atoms with Gasteiger partial charge in [0.05, 0.1) is 0 Å². The molecular weight excluding hydrogens is 286 g/mol. The van der Waals surface area contributed by atoms with Gasteiger partial charge in [-0.25, -0.2) is 0 Å². The fraction of sp³-hybridized carbons (Fsp3) is 0.474. The lowest BCUT2D eigenvalue weighted by atomic mass is 9.95. The molecule has 2 aromatic heterocycles. The lowest BCUT2D eigenvalue weighted by molar-refractivity contribution is 0.0701. The third-order valence-electron chi connectivity index (χ3n) is 4.81. The van der Waals surface area contributed by atoms with Gasteiger partial charge in [-0.05, 0) is 37.1 Å². The highest BCUT2D eigenvalue weighted by atomic mass is 16.2. The van der Waals surface area contributed by atoms with Gasteiger partial charge in [-0.15, -0.1) is 0 Å². The molecule has 2 heterocycles. The van der Waals surface area contributed by atoms with Gasteiger partial charge < -0.3 is 9.47 Å². The zero-order chi connectivity index (χ0) is 16.1. The van der Waals surface area contributed by atoms with Crippen LogP contribution in [0.1, 0.15) is 55.4 Å². The first-order chi connectivity index (χ1) is 11.3. The minimum Gasteiger partial charge on any atom is -0.337 e. The fourth-order valence-electron chi connectivity index (χ4n) is 3.37. The van der Waals surface area contributed by atoms with E-state index in [9.17, 15) is 4.79 Å². The van der Waals surface area contributed by atoms with Gasteiger partial charge in [-0.3, -0.25) is 9.78 Å². The maximum atomic E-state index is 12.8. The van der Waals surface area contributed by atoms with Crippen molar-refractivity contribution < 1.29 is 4.79 Å². The Hall–Kier alpha value is -2.10. The molecule has 0 radical (unpaired) electrons. The normalized spacial score (nSPS) is 16.6. The highest BCUT2D eigenvalue weighted by Gasteiger charge is 2.22. The lowest BCUT2D eigenvalue weighted by Gasteiger charge is -2.29. The summed E-state index contributed by atoms with van der Waals surface area (Å²) in [6, 6.07) is 8.10. The Morgan fingerprint density at radius 1 is 1.13 bits per heavy atom. The first-order valence-electron chi connectivity index (χ1n) is 8.62. The summed E-state index contributed by atoms with van der Waals surface area (Å²) in [5, 5.41) is 0. The average Bonchev–Trinajstić information content (AvgIpc) is 3.08. The Bertz CT molecular complexity index is 628. The van der Waals surface area contributed by atoms with Crippen LogP contribution in [-0.2, 0) is 0 Å². The molecule has 23 heavy (non-hydrogen) atoms. The van der Waals surface area contributed by atoms with E-state index in [0.717, 1.165) is 18.5 Å². The molecule has 2 aromatic rings. The Morgan fingerprint density at radius 3 is 2.48 bits per heavy atom. The second-order valence-electron chi connectivity index (χ2n) is 6.40. The molecule has 0 spiro atoms. The third-order valence-corrected chi connectivity index (χ3v) is 4.81. The van der Waals surface area contributed by atoms with Crippen LogP contribution in [0.3, 0.4) is 0 Å². The third kappa shape index (κ3) is 3.81. The van der Waals surface area contributed by atoms with Crippen molar-refractivity contribution in [1.29, 1.82) is 0 Å². The Balaban J connectivity index is 1.75. The van der Waals surface area contributed by atoms with Crippen molar-refractivity contribution in [2.45, 2.75) is 51.0 Å². The number of carbonyl (C=O) groups excluding carboxylic acids is 1. The zero-order valence-electron chi connectivity index (χ0n) is 13.8. The van der Waals surface area contributed by atoms with Crippen LogP contribution in [0.4, 0.5) is 0 Å². The molecule has 0 N–H and O–H groups in total. The summed E-state index contributed by atoms with van der Waals surface area (Å²) in [5.41, 5.74) is 1.50. The molecule has 0 atom stereocenters. The topological polar surface area (TPSA) is 38.1 Å². The van der Waals surface area contributed by atoms with Gasteiger partial charge in [0, 0.05) is 37.4 Å². The van der Waals surface area contributed by atoms with Crippen LogP contribution in [0, 0.1) is 0 Å². The lowest BCUT2D eigenvalue weighted by Crippen LogP contribution is -2.37. The molecule has 1 saturated carbocycles. The van der Waals surface area contributed by atoms with Crippen molar-refractivity contribution in [2.75, 3.05) is 7.05 Å². The van der Waals surface area contributed by atoms with Crippen molar-refractivity contribution in [3.63, 3.8) is 0 Å². The van der Waals surface area contributed by atoms with Crippen molar-refractivity contribution in [1.82, 2.24) is 14.5 Å². The molecule has 1 amide bonds. The van der Waals surface area contributed by atoms with Crippen molar-refractivity contribution in [3.8, 4) is 5.69 Å². The summed E-state index contributed by atoms with van der Waals surface area (Å²) in [7, 11) is 1.93. The maximum absolute atomic E-state index is 12.8. The number of hydrogen-bond donors (Lipinski definition) is 0. The second-order valence-corrected chi connectivity index (χ2v) is 6.40. The van der Waals surface area contributed by atoms with Gasteiger partial charge in [0.25, 0.3) is 5.91 Å². The van der Waals surface area contributed by atoms with E-state index >= 15 is 0 Å². The number of nitrogens with zero attached hydrogens (tertiary/aromatic N) is 3. The van der Waals surface area contributed by atoms with Crippen molar-refractivity contribution >= 4 is 5.91 Å². The molecular formula is C19H25N3O. The van der Waals surface area contributed by atoms with Crippen molar-refractivity contribution in [3.05, 3.63) is 48.5 Å².